The van der Waals surface area contributed by atoms with Gasteiger partial charge >= 0.3 is 0 Å². The zero-order chi connectivity index (χ0) is 20.3. The van der Waals surface area contributed by atoms with Crippen LogP contribution >= 0.6 is 0 Å². The molecule has 1 aliphatic heterocycles. The average molecular weight is 385 g/mol. The van der Waals surface area contributed by atoms with Crippen LogP contribution in [0.5, 0.6) is 0 Å². The first-order chi connectivity index (χ1) is 13.5. The molecule has 1 aromatic carbocycles. The van der Waals surface area contributed by atoms with Crippen molar-refractivity contribution in [2.75, 3.05) is 19.6 Å². The van der Waals surface area contributed by atoms with Crippen LogP contribution in [0.15, 0.2) is 29.1 Å². The molecule has 0 spiro atoms. The second-order valence-corrected chi connectivity index (χ2v) is 7.65. The Kier molecular flexibility index (Phi) is 6.50. The molecule has 2 heterocycles. The number of hydrogen-bond donors (Lipinski definition) is 0. The first kappa shape index (κ1) is 20.5. The Morgan fingerprint density at radius 1 is 1.21 bits per heavy atom. The number of aromatic nitrogens is 2. The molecule has 0 bridgehead atoms. The van der Waals surface area contributed by atoms with Gasteiger partial charge in [0.15, 0.2) is 0 Å². The minimum atomic E-state index is 0.0498. The zero-order valence-corrected chi connectivity index (χ0v) is 17.5. The molecule has 1 saturated heterocycles. The van der Waals surface area contributed by atoms with Gasteiger partial charge in [-0.15, -0.1) is 0 Å². The van der Waals surface area contributed by atoms with Gasteiger partial charge < -0.3 is 4.90 Å². The number of amides is 1. The Hall–Kier alpha value is -2.21. The normalized spacial score (nSPS) is 19.1. The summed E-state index contributed by atoms with van der Waals surface area (Å²) in [5, 5.41) is 0.682. The minimum absolute atomic E-state index is 0.0498. The molecule has 0 radical (unpaired) electrons. The van der Waals surface area contributed by atoms with Crippen molar-refractivity contribution in [1.82, 2.24) is 19.4 Å². The fourth-order valence-corrected chi connectivity index (χ4v) is 4.33. The molecule has 28 heavy (non-hydrogen) atoms. The highest BCUT2D eigenvalue weighted by atomic mass is 16.2. The summed E-state index contributed by atoms with van der Waals surface area (Å²) in [6.45, 7) is 11.3. The van der Waals surface area contributed by atoms with E-state index in [1.54, 1.807) is 0 Å². The highest BCUT2D eigenvalue weighted by molar-refractivity contribution is 5.77. The molecule has 1 aromatic heterocycles. The number of piperazine rings is 1. The Balaban J connectivity index is 1.98. The van der Waals surface area contributed by atoms with Crippen molar-refractivity contribution in [3.63, 3.8) is 0 Å². The van der Waals surface area contributed by atoms with Crippen molar-refractivity contribution in [2.24, 2.45) is 0 Å². The van der Waals surface area contributed by atoms with Crippen LogP contribution in [0.1, 0.15) is 58.8 Å². The molecule has 0 aliphatic carbocycles. The zero-order valence-electron chi connectivity index (χ0n) is 17.5. The lowest BCUT2D eigenvalue weighted by atomic mass is 10.1. The maximum atomic E-state index is 13.1. The van der Waals surface area contributed by atoms with E-state index in [4.69, 9.17) is 4.98 Å². The second kappa shape index (κ2) is 8.86. The highest BCUT2D eigenvalue weighted by Crippen LogP contribution is 2.26. The predicted molar refractivity (Wildman–Crippen MR) is 112 cm³/mol. The number of hydrogen-bond acceptors (Lipinski definition) is 4. The monoisotopic (exact) mass is 384 g/mol. The summed E-state index contributed by atoms with van der Waals surface area (Å²) >= 11 is 0. The summed E-state index contributed by atoms with van der Waals surface area (Å²) in [4.78, 5) is 34.6. The molecule has 2 aromatic rings. The van der Waals surface area contributed by atoms with Crippen molar-refractivity contribution in [3.8, 4) is 0 Å². The Bertz CT molecular complexity index is 892. The topological polar surface area (TPSA) is 58.4 Å². The smallest absolute Gasteiger partial charge is 0.261 e. The average Bonchev–Trinajstić information content (AvgIpc) is 2.71. The Morgan fingerprint density at radius 2 is 1.96 bits per heavy atom. The number of fused-ring (bicyclic) bond motifs is 1. The fraction of sp³-hybridized carbons (Fsp3) is 0.591. The van der Waals surface area contributed by atoms with Crippen molar-refractivity contribution in [2.45, 2.75) is 65.6 Å². The van der Waals surface area contributed by atoms with E-state index in [0.717, 1.165) is 43.8 Å². The third-order valence-corrected chi connectivity index (χ3v) is 5.75. The van der Waals surface area contributed by atoms with Crippen molar-refractivity contribution in [3.05, 3.63) is 40.4 Å². The van der Waals surface area contributed by atoms with Gasteiger partial charge in [0.25, 0.3) is 5.56 Å². The van der Waals surface area contributed by atoms with Crippen molar-refractivity contribution < 1.29 is 4.79 Å². The first-order valence-corrected chi connectivity index (χ1v) is 10.5. The maximum Gasteiger partial charge on any atom is 0.261 e. The van der Waals surface area contributed by atoms with Gasteiger partial charge in [-0.3, -0.25) is 19.1 Å². The van der Waals surface area contributed by atoms with E-state index in [1.807, 2.05) is 40.7 Å². The van der Waals surface area contributed by atoms with Gasteiger partial charge in [-0.25, -0.2) is 4.98 Å². The summed E-state index contributed by atoms with van der Waals surface area (Å²) in [5.41, 5.74) is 0.815. The molecule has 3 rings (SSSR count). The fourth-order valence-electron chi connectivity index (χ4n) is 4.33. The van der Waals surface area contributed by atoms with E-state index in [9.17, 15) is 9.59 Å². The van der Waals surface area contributed by atoms with Crippen LogP contribution in [0.25, 0.3) is 10.9 Å². The third-order valence-electron chi connectivity index (χ3n) is 5.75. The van der Waals surface area contributed by atoms with E-state index < -0.39 is 0 Å². The first-order valence-electron chi connectivity index (χ1n) is 10.5. The molecule has 0 saturated carbocycles. The number of benzene rings is 1. The molecular weight excluding hydrogens is 352 g/mol. The van der Waals surface area contributed by atoms with E-state index in [0.29, 0.717) is 18.4 Å². The standard InChI is InChI=1S/C22H32N4O2/c1-5-12-26-21(23-18-11-9-8-10-17(18)22(26)28)19(6-2)24-13-14-25(16(4)15-24)20(27)7-3/h8-11,16,19H,5-7,12-15H2,1-4H3. The highest BCUT2D eigenvalue weighted by Gasteiger charge is 2.32. The van der Waals surface area contributed by atoms with Crippen LogP contribution in [-0.2, 0) is 11.3 Å². The molecule has 1 fully saturated rings. The molecule has 1 amide bonds. The molecule has 152 valence electrons. The summed E-state index contributed by atoms with van der Waals surface area (Å²) in [6.07, 6.45) is 2.31. The lowest BCUT2D eigenvalue weighted by Gasteiger charge is -2.43. The number of carbonyl (C=O) groups excluding carboxylic acids is 1. The number of carbonyl (C=O) groups is 1. The number of rotatable bonds is 6. The van der Waals surface area contributed by atoms with Crippen molar-refractivity contribution >= 4 is 16.8 Å². The quantitative estimate of drug-likeness (QED) is 0.767. The summed E-state index contributed by atoms with van der Waals surface area (Å²) < 4.78 is 1.87. The van der Waals surface area contributed by atoms with Gasteiger partial charge in [-0.1, -0.05) is 32.9 Å². The molecule has 2 atom stereocenters. The minimum Gasteiger partial charge on any atom is -0.337 e. The van der Waals surface area contributed by atoms with Gasteiger partial charge in [0.05, 0.1) is 16.9 Å². The van der Waals surface area contributed by atoms with Gasteiger partial charge in [-0.05, 0) is 31.9 Å². The third kappa shape index (κ3) is 3.83. The molecule has 2 unspecified atom stereocenters. The molecular formula is C22H32N4O2. The number of para-hydroxylation sites is 1. The predicted octanol–water partition coefficient (Wildman–Crippen LogP) is 3.20. The largest absolute Gasteiger partial charge is 0.337 e. The van der Waals surface area contributed by atoms with Crippen LogP contribution in [0, 0.1) is 0 Å². The molecule has 1 aliphatic rings. The molecule has 6 heteroatoms. The lowest BCUT2D eigenvalue weighted by Crippen LogP contribution is -2.55. The van der Waals surface area contributed by atoms with E-state index in [-0.39, 0.29) is 23.6 Å². The molecule has 6 nitrogen and oxygen atoms in total. The Labute approximate surface area is 167 Å². The second-order valence-electron chi connectivity index (χ2n) is 7.65. The Morgan fingerprint density at radius 3 is 2.61 bits per heavy atom. The van der Waals surface area contributed by atoms with Gasteiger partial charge in [-0.2, -0.15) is 0 Å². The number of nitrogens with zero attached hydrogens (tertiary/aromatic N) is 4. The van der Waals surface area contributed by atoms with Gasteiger partial charge in [0, 0.05) is 38.6 Å². The van der Waals surface area contributed by atoms with E-state index >= 15 is 0 Å². The summed E-state index contributed by atoms with van der Waals surface area (Å²) in [6, 6.07) is 7.85. The molecule has 0 N–H and O–H groups in total. The lowest BCUT2D eigenvalue weighted by molar-refractivity contribution is -0.135. The summed E-state index contributed by atoms with van der Waals surface area (Å²) in [5.74, 6) is 1.07. The van der Waals surface area contributed by atoms with Gasteiger partial charge in [0.1, 0.15) is 5.82 Å². The van der Waals surface area contributed by atoms with Gasteiger partial charge in [0.2, 0.25) is 5.91 Å². The van der Waals surface area contributed by atoms with Crippen molar-refractivity contribution in [1.29, 1.82) is 0 Å². The maximum absolute atomic E-state index is 13.1. The van der Waals surface area contributed by atoms with Crippen LogP contribution in [-0.4, -0.2) is 50.9 Å². The van der Waals surface area contributed by atoms with E-state index in [1.165, 1.54) is 0 Å². The SMILES string of the molecule is CCCn1c(C(CC)N2CCN(C(=O)CC)C(C)C2)nc2ccccc2c1=O. The van der Waals surface area contributed by atoms with Crippen LogP contribution < -0.4 is 5.56 Å². The van der Waals surface area contributed by atoms with Crippen LogP contribution in [0.4, 0.5) is 0 Å². The summed E-state index contributed by atoms with van der Waals surface area (Å²) in [7, 11) is 0. The van der Waals surface area contributed by atoms with E-state index in [2.05, 4.69) is 25.7 Å². The van der Waals surface area contributed by atoms with Crippen LogP contribution in [0.2, 0.25) is 0 Å². The van der Waals surface area contributed by atoms with Crippen LogP contribution in [0.3, 0.4) is 0 Å².